The van der Waals surface area contributed by atoms with Gasteiger partial charge >= 0.3 is 0 Å². The number of ether oxygens (including phenoxy) is 1. The molecule has 0 spiro atoms. The van der Waals surface area contributed by atoms with Gasteiger partial charge < -0.3 is 10.1 Å². The Labute approximate surface area is 128 Å². The van der Waals surface area contributed by atoms with Gasteiger partial charge in [0.25, 0.3) is 5.91 Å². The van der Waals surface area contributed by atoms with E-state index in [2.05, 4.69) is 5.32 Å². The SMILES string of the molecule is COc1cccc(C(=O)NC2(c3cccc(Cl)c3)CC2)c1. The van der Waals surface area contributed by atoms with Crippen molar-refractivity contribution < 1.29 is 9.53 Å². The minimum atomic E-state index is -0.273. The Morgan fingerprint density at radius 1 is 1.19 bits per heavy atom. The molecule has 1 saturated carbocycles. The number of rotatable bonds is 4. The summed E-state index contributed by atoms with van der Waals surface area (Å²) in [6.07, 6.45) is 1.87. The standard InChI is InChI=1S/C17H16ClNO2/c1-21-15-7-2-4-12(10-15)16(20)19-17(8-9-17)13-5-3-6-14(18)11-13/h2-7,10-11H,8-9H2,1H3,(H,19,20). The van der Waals surface area contributed by atoms with Crippen LogP contribution in [-0.4, -0.2) is 13.0 Å². The monoisotopic (exact) mass is 301 g/mol. The van der Waals surface area contributed by atoms with Gasteiger partial charge in [-0.2, -0.15) is 0 Å². The Balaban J connectivity index is 1.81. The molecule has 4 heteroatoms. The number of methoxy groups -OCH3 is 1. The minimum Gasteiger partial charge on any atom is -0.497 e. The first-order chi connectivity index (χ1) is 10.1. The van der Waals surface area contributed by atoms with Crippen molar-refractivity contribution in [2.24, 2.45) is 0 Å². The fourth-order valence-electron chi connectivity index (χ4n) is 2.45. The minimum absolute atomic E-state index is 0.0913. The van der Waals surface area contributed by atoms with Crippen LogP contribution in [0.3, 0.4) is 0 Å². The maximum absolute atomic E-state index is 12.4. The molecule has 3 rings (SSSR count). The fraction of sp³-hybridized carbons (Fsp3) is 0.235. The zero-order chi connectivity index (χ0) is 14.9. The van der Waals surface area contributed by atoms with Gasteiger partial charge in [0.05, 0.1) is 12.6 Å². The van der Waals surface area contributed by atoms with Crippen LogP contribution in [0.1, 0.15) is 28.8 Å². The van der Waals surface area contributed by atoms with Crippen molar-refractivity contribution in [2.75, 3.05) is 7.11 Å². The van der Waals surface area contributed by atoms with Crippen LogP contribution in [-0.2, 0) is 5.54 Å². The number of halogens is 1. The largest absolute Gasteiger partial charge is 0.497 e. The highest BCUT2D eigenvalue weighted by Gasteiger charge is 2.45. The fourth-order valence-corrected chi connectivity index (χ4v) is 2.64. The molecule has 1 N–H and O–H groups in total. The van der Waals surface area contributed by atoms with E-state index in [1.807, 2.05) is 36.4 Å². The normalized spacial score (nSPS) is 15.3. The van der Waals surface area contributed by atoms with Crippen LogP contribution in [0.2, 0.25) is 5.02 Å². The van der Waals surface area contributed by atoms with Crippen LogP contribution < -0.4 is 10.1 Å². The van der Waals surface area contributed by atoms with E-state index in [-0.39, 0.29) is 11.4 Å². The predicted molar refractivity (Wildman–Crippen MR) is 82.8 cm³/mol. The van der Waals surface area contributed by atoms with Crippen LogP contribution in [0.5, 0.6) is 5.75 Å². The smallest absolute Gasteiger partial charge is 0.252 e. The van der Waals surface area contributed by atoms with Crippen LogP contribution in [0.25, 0.3) is 0 Å². The number of amides is 1. The van der Waals surface area contributed by atoms with Gasteiger partial charge in [0.15, 0.2) is 0 Å². The first kappa shape index (κ1) is 14.0. The van der Waals surface area contributed by atoms with Gasteiger partial charge in [-0.3, -0.25) is 4.79 Å². The van der Waals surface area contributed by atoms with E-state index in [1.54, 1.807) is 19.2 Å². The number of hydrogen-bond donors (Lipinski definition) is 1. The molecule has 0 atom stereocenters. The highest BCUT2D eigenvalue weighted by molar-refractivity contribution is 6.30. The van der Waals surface area contributed by atoms with E-state index < -0.39 is 0 Å². The summed E-state index contributed by atoms with van der Waals surface area (Å²) in [6, 6.07) is 14.8. The van der Waals surface area contributed by atoms with Crippen molar-refractivity contribution in [3.63, 3.8) is 0 Å². The molecule has 0 radical (unpaired) electrons. The summed E-state index contributed by atoms with van der Waals surface area (Å²) in [4.78, 5) is 12.4. The van der Waals surface area contributed by atoms with Crippen LogP contribution in [0.15, 0.2) is 48.5 Å². The number of nitrogens with one attached hydrogen (secondary N) is 1. The quantitative estimate of drug-likeness (QED) is 0.933. The molecule has 108 valence electrons. The third-order valence-electron chi connectivity index (χ3n) is 3.81. The molecule has 0 heterocycles. The first-order valence-electron chi connectivity index (χ1n) is 6.86. The molecule has 0 saturated heterocycles. The van der Waals surface area contributed by atoms with Gasteiger partial charge in [0, 0.05) is 10.6 Å². The third-order valence-corrected chi connectivity index (χ3v) is 4.05. The average Bonchev–Trinajstić information content (AvgIpc) is 3.28. The number of carbonyl (C=O) groups excluding carboxylic acids is 1. The Bertz CT molecular complexity index is 680. The highest BCUT2D eigenvalue weighted by Crippen LogP contribution is 2.46. The summed E-state index contributed by atoms with van der Waals surface area (Å²) in [7, 11) is 1.59. The molecule has 0 aromatic heterocycles. The second-order valence-corrected chi connectivity index (χ2v) is 5.71. The van der Waals surface area contributed by atoms with Crippen molar-refractivity contribution in [2.45, 2.75) is 18.4 Å². The van der Waals surface area contributed by atoms with Gasteiger partial charge in [-0.1, -0.05) is 29.8 Å². The Morgan fingerprint density at radius 2 is 1.95 bits per heavy atom. The molecule has 1 aliphatic rings. The van der Waals surface area contributed by atoms with Crippen molar-refractivity contribution in [3.8, 4) is 5.75 Å². The zero-order valence-corrected chi connectivity index (χ0v) is 12.5. The summed E-state index contributed by atoms with van der Waals surface area (Å²) >= 11 is 6.04. The van der Waals surface area contributed by atoms with E-state index >= 15 is 0 Å². The molecule has 2 aromatic rings. The molecule has 0 bridgehead atoms. The number of carbonyl (C=O) groups is 1. The molecular formula is C17H16ClNO2. The second kappa shape index (κ2) is 5.41. The van der Waals surface area contributed by atoms with E-state index in [0.29, 0.717) is 16.3 Å². The summed E-state index contributed by atoms with van der Waals surface area (Å²) in [5.41, 5.74) is 1.39. The Morgan fingerprint density at radius 3 is 2.62 bits per heavy atom. The number of benzene rings is 2. The predicted octanol–water partition coefficient (Wildman–Crippen LogP) is 3.77. The van der Waals surface area contributed by atoms with Crippen LogP contribution in [0, 0.1) is 0 Å². The lowest BCUT2D eigenvalue weighted by molar-refractivity contribution is 0.0930. The van der Waals surface area contributed by atoms with Crippen molar-refractivity contribution in [1.29, 1.82) is 0 Å². The van der Waals surface area contributed by atoms with Crippen molar-refractivity contribution in [3.05, 3.63) is 64.7 Å². The summed E-state index contributed by atoms with van der Waals surface area (Å²) in [5, 5.41) is 3.81. The molecular weight excluding hydrogens is 286 g/mol. The van der Waals surface area contributed by atoms with E-state index in [9.17, 15) is 4.79 Å². The van der Waals surface area contributed by atoms with Gasteiger partial charge in [0.1, 0.15) is 5.75 Å². The van der Waals surface area contributed by atoms with E-state index in [0.717, 1.165) is 18.4 Å². The number of hydrogen-bond acceptors (Lipinski definition) is 2. The molecule has 1 amide bonds. The third kappa shape index (κ3) is 2.88. The van der Waals surface area contributed by atoms with Crippen LogP contribution >= 0.6 is 11.6 Å². The second-order valence-electron chi connectivity index (χ2n) is 5.28. The van der Waals surface area contributed by atoms with Gasteiger partial charge in [0.2, 0.25) is 0 Å². The molecule has 1 aliphatic carbocycles. The van der Waals surface area contributed by atoms with Gasteiger partial charge in [-0.25, -0.2) is 0 Å². The summed E-state index contributed by atoms with van der Waals surface area (Å²) in [5.74, 6) is 0.585. The molecule has 21 heavy (non-hydrogen) atoms. The topological polar surface area (TPSA) is 38.3 Å². The Kier molecular flexibility index (Phi) is 3.60. The van der Waals surface area contributed by atoms with E-state index in [1.165, 1.54) is 0 Å². The lowest BCUT2D eigenvalue weighted by Crippen LogP contribution is -2.34. The maximum Gasteiger partial charge on any atom is 0.252 e. The molecule has 0 aliphatic heterocycles. The van der Waals surface area contributed by atoms with Crippen molar-refractivity contribution in [1.82, 2.24) is 5.32 Å². The summed E-state index contributed by atoms with van der Waals surface area (Å²) in [6.45, 7) is 0. The molecule has 3 nitrogen and oxygen atoms in total. The maximum atomic E-state index is 12.4. The van der Waals surface area contributed by atoms with Gasteiger partial charge in [-0.15, -0.1) is 0 Å². The Hall–Kier alpha value is -2.00. The van der Waals surface area contributed by atoms with Gasteiger partial charge in [-0.05, 0) is 48.7 Å². The van der Waals surface area contributed by atoms with E-state index in [4.69, 9.17) is 16.3 Å². The van der Waals surface area contributed by atoms with Crippen molar-refractivity contribution >= 4 is 17.5 Å². The average molecular weight is 302 g/mol. The molecule has 1 fully saturated rings. The van der Waals surface area contributed by atoms with Crippen LogP contribution in [0.4, 0.5) is 0 Å². The lowest BCUT2D eigenvalue weighted by Gasteiger charge is -2.18. The highest BCUT2D eigenvalue weighted by atomic mass is 35.5. The first-order valence-corrected chi connectivity index (χ1v) is 7.23. The zero-order valence-electron chi connectivity index (χ0n) is 11.7. The summed E-state index contributed by atoms with van der Waals surface area (Å²) < 4.78 is 5.15. The molecule has 2 aromatic carbocycles. The molecule has 0 unspecified atom stereocenters. The lowest BCUT2D eigenvalue weighted by atomic mass is 10.0.